The number of ether oxygens (including phenoxy) is 2. The van der Waals surface area contributed by atoms with E-state index in [0.717, 1.165) is 35.5 Å². The van der Waals surface area contributed by atoms with E-state index in [-0.39, 0.29) is 18.6 Å². The lowest BCUT2D eigenvalue weighted by Gasteiger charge is -2.36. The number of aryl methyl sites for hydroxylation is 2. The van der Waals surface area contributed by atoms with Gasteiger partial charge in [-0.1, -0.05) is 35.9 Å². The first-order valence-corrected chi connectivity index (χ1v) is 12.0. The van der Waals surface area contributed by atoms with E-state index in [1.165, 1.54) is 12.8 Å². The number of amides is 1. The van der Waals surface area contributed by atoms with E-state index in [2.05, 4.69) is 4.90 Å². The van der Waals surface area contributed by atoms with Crippen LogP contribution in [0.1, 0.15) is 34.3 Å². The number of hydrogen-bond donors (Lipinski definition) is 1. The zero-order valence-electron chi connectivity index (χ0n) is 19.8. The lowest BCUT2D eigenvalue weighted by Crippen LogP contribution is -2.51. The van der Waals surface area contributed by atoms with Crippen LogP contribution in [0.25, 0.3) is 0 Å². The molecule has 1 aliphatic heterocycles. The lowest BCUT2D eigenvalue weighted by atomic mass is 10.1. The Morgan fingerprint density at radius 1 is 1.15 bits per heavy atom. The van der Waals surface area contributed by atoms with Crippen LogP contribution >= 0.6 is 0 Å². The Labute approximate surface area is 197 Å². The molecular weight excluding hydrogens is 416 g/mol. The first-order valence-electron chi connectivity index (χ1n) is 12.0. The first kappa shape index (κ1) is 23.7. The average Bonchev–Trinajstić information content (AvgIpc) is 3.63. The maximum absolute atomic E-state index is 13.2. The van der Waals surface area contributed by atoms with E-state index in [1.807, 2.05) is 67.3 Å². The topological polar surface area (TPSA) is 62.2 Å². The van der Waals surface area contributed by atoms with E-state index in [4.69, 9.17) is 9.47 Å². The third-order valence-electron chi connectivity index (χ3n) is 6.40. The largest absolute Gasteiger partial charge is 0.491 e. The van der Waals surface area contributed by atoms with Crippen molar-refractivity contribution in [3.8, 4) is 5.75 Å². The molecule has 2 fully saturated rings. The van der Waals surface area contributed by atoms with Crippen molar-refractivity contribution in [3.05, 3.63) is 65.2 Å². The molecule has 2 aromatic carbocycles. The molecule has 2 atom stereocenters. The van der Waals surface area contributed by atoms with Crippen molar-refractivity contribution in [2.75, 3.05) is 45.9 Å². The van der Waals surface area contributed by atoms with Crippen LogP contribution in [0.5, 0.6) is 5.75 Å². The molecule has 6 nitrogen and oxygen atoms in total. The summed E-state index contributed by atoms with van der Waals surface area (Å²) in [6.45, 7) is 8.25. The van der Waals surface area contributed by atoms with E-state index in [1.54, 1.807) is 0 Å². The van der Waals surface area contributed by atoms with E-state index in [0.29, 0.717) is 32.2 Å². The summed E-state index contributed by atoms with van der Waals surface area (Å²) in [6.07, 6.45) is 1.75. The van der Waals surface area contributed by atoms with Crippen LogP contribution < -0.4 is 4.74 Å². The second-order valence-corrected chi connectivity index (χ2v) is 9.50. The molecule has 6 heteroatoms. The van der Waals surface area contributed by atoms with Crippen LogP contribution in [-0.4, -0.2) is 79.0 Å². The van der Waals surface area contributed by atoms with Gasteiger partial charge in [0.25, 0.3) is 5.91 Å². The normalized spacial score (nSPS) is 19.8. The summed E-state index contributed by atoms with van der Waals surface area (Å²) in [6, 6.07) is 15.6. The van der Waals surface area contributed by atoms with Crippen LogP contribution in [-0.2, 0) is 4.74 Å². The van der Waals surface area contributed by atoms with Crippen LogP contribution in [0.4, 0.5) is 0 Å². The van der Waals surface area contributed by atoms with Gasteiger partial charge in [0.05, 0.1) is 12.7 Å². The molecule has 0 unspecified atom stereocenters. The van der Waals surface area contributed by atoms with Crippen molar-refractivity contribution in [2.24, 2.45) is 5.92 Å². The molecule has 1 saturated heterocycles. The highest BCUT2D eigenvalue weighted by Gasteiger charge is 2.31. The Kier molecular flexibility index (Phi) is 8.02. The molecule has 1 aliphatic carbocycles. The summed E-state index contributed by atoms with van der Waals surface area (Å²) in [5.74, 6) is 1.50. The Hall–Kier alpha value is -2.41. The third kappa shape index (κ3) is 7.03. The molecule has 1 amide bonds. The van der Waals surface area contributed by atoms with Crippen LogP contribution in [0.2, 0.25) is 0 Å². The van der Waals surface area contributed by atoms with Gasteiger partial charge in [0, 0.05) is 38.3 Å². The van der Waals surface area contributed by atoms with Crippen LogP contribution in [0, 0.1) is 19.8 Å². The molecule has 0 radical (unpaired) electrons. The number of rotatable bonds is 10. The number of β-amino-alcohol motifs (C(OH)–C–C–N with tert-alkyl or cyclic N) is 1. The minimum Gasteiger partial charge on any atom is -0.491 e. The summed E-state index contributed by atoms with van der Waals surface area (Å²) in [5, 5.41) is 10.5. The van der Waals surface area contributed by atoms with E-state index < -0.39 is 6.10 Å². The predicted octanol–water partition coefficient (Wildman–Crippen LogP) is 3.30. The highest BCUT2D eigenvalue weighted by molar-refractivity contribution is 5.94. The number of hydrogen-bond acceptors (Lipinski definition) is 5. The molecule has 33 heavy (non-hydrogen) atoms. The monoisotopic (exact) mass is 452 g/mol. The van der Waals surface area contributed by atoms with Crippen molar-refractivity contribution in [1.29, 1.82) is 0 Å². The standard InChI is InChI=1S/C27H36N2O4/c1-20-7-11-23(12-8-20)27(31)29(15-22-9-10-22)18-25-17-28(13-14-32-25)16-24(30)19-33-26-6-4-3-5-21(26)2/h3-8,11-12,22,24-25,30H,9-10,13-19H2,1-2H3/t24-,25+/m0/s1. The molecule has 1 saturated carbocycles. The highest BCUT2D eigenvalue weighted by Crippen LogP contribution is 2.30. The number of carbonyl (C=O) groups is 1. The van der Waals surface area contributed by atoms with Crippen LogP contribution in [0.15, 0.2) is 48.5 Å². The zero-order chi connectivity index (χ0) is 23.2. The molecular formula is C27H36N2O4. The quantitative estimate of drug-likeness (QED) is 0.599. The highest BCUT2D eigenvalue weighted by atomic mass is 16.5. The summed E-state index contributed by atoms with van der Waals surface area (Å²) >= 11 is 0. The Balaban J connectivity index is 1.30. The van der Waals surface area contributed by atoms with Gasteiger partial charge in [0.1, 0.15) is 18.5 Å². The fourth-order valence-electron chi connectivity index (χ4n) is 4.29. The second kappa shape index (κ2) is 11.1. The smallest absolute Gasteiger partial charge is 0.253 e. The molecule has 4 rings (SSSR count). The zero-order valence-corrected chi connectivity index (χ0v) is 19.8. The number of nitrogens with zero attached hydrogens (tertiary/aromatic N) is 2. The number of para-hydroxylation sites is 1. The predicted molar refractivity (Wildman–Crippen MR) is 129 cm³/mol. The number of aliphatic hydroxyl groups excluding tert-OH is 1. The summed E-state index contributed by atoms with van der Waals surface area (Å²) in [4.78, 5) is 17.4. The SMILES string of the molecule is Cc1ccc(C(=O)N(CC2CC2)C[C@H]2CN(C[C@H](O)COc3ccccc3C)CCO2)cc1. The summed E-state index contributed by atoms with van der Waals surface area (Å²) < 4.78 is 11.8. The molecule has 0 aromatic heterocycles. The Morgan fingerprint density at radius 3 is 2.64 bits per heavy atom. The van der Waals surface area contributed by atoms with Crippen molar-refractivity contribution in [1.82, 2.24) is 9.80 Å². The van der Waals surface area contributed by atoms with E-state index in [9.17, 15) is 9.90 Å². The van der Waals surface area contributed by atoms with Gasteiger partial charge in [-0.2, -0.15) is 0 Å². The lowest BCUT2D eigenvalue weighted by molar-refractivity contribution is -0.0538. The third-order valence-corrected chi connectivity index (χ3v) is 6.40. The number of aliphatic hydroxyl groups is 1. The Bertz CT molecular complexity index is 913. The average molecular weight is 453 g/mol. The fraction of sp³-hybridized carbons (Fsp3) is 0.519. The van der Waals surface area contributed by atoms with Crippen LogP contribution in [0.3, 0.4) is 0 Å². The molecule has 1 heterocycles. The van der Waals surface area contributed by atoms with Gasteiger partial charge in [0.15, 0.2) is 0 Å². The summed E-state index contributed by atoms with van der Waals surface area (Å²) in [7, 11) is 0. The molecule has 0 bridgehead atoms. The van der Waals surface area contributed by atoms with Crippen molar-refractivity contribution in [2.45, 2.75) is 38.9 Å². The molecule has 2 aliphatic rings. The van der Waals surface area contributed by atoms with Gasteiger partial charge in [-0.25, -0.2) is 0 Å². The number of benzene rings is 2. The number of carbonyl (C=O) groups excluding carboxylic acids is 1. The van der Waals surface area contributed by atoms with Crippen molar-refractivity contribution < 1.29 is 19.4 Å². The minimum atomic E-state index is -0.583. The van der Waals surface area contributed by atoms with E-state index >= 15 is 0 Å². The summed E-state index contributed by atoms with van der Waals surface area (Å²) in [5.41, 5.74) is 2.94. The molecule has 1 N–H and O–H groups in total. The van der Waals surface area contributed by atoms with Gasteiger partial charge < -0.3 is 19.5 Å². The second-order valence-electron chi connectivity index (χ2n) is 9.50. The Morgan fingerprint density at radius 2 is 1.91 bits per heavy atom. The van der Waals surface area contributed by atoms with Gasteiger partial charge in [-0.05, 0) is 56.4 Å². The van der Waals surface area contributed by atoms with Gasteiger partial charge in [-0.3, -0.25) is 9.69 Å². The van der Waals surface area contributed by atoms with Crippen molar-refractivity contribution in [3.63, 3.8) is 0 Å². The van der Waals surface area contributed by atoms with Gasteiger partial charge in [-0.15, -0.1) is 0 Å². The van der Waals surface area contributed by atoms with Gasteiger partial charge in [0.2, 0.25) is 0 Å². The molecule has 2 aromatic rings. The minimum absolute atomic E-state index is 0.0589. The van der Waals surface area contributed by atoms with Gasteiger partial charge >= 0.3 is 0 Å². The first-order chi connectivity index (χ1) is 16.0. The maximum atomic E-state index is 13.2. The number of morpholine rings is 1. The maximum Gasteiger partial charge on any atom is 0.253 e. The fourth-order valence-corrected chi connectivity index (χ4v) is 4.29. The molecule has 178 valence electrons. The van der Waals surface area contributed by atoms with Crippen molar-refractivity contribution >= 4 is 5.91 Å². The molecule has 0 spiro atoms.